The Kier molecular flexibility index (Phi) is 5.09. The second kappa shape index (κ2) is 6.84. The molecular weight excluding hydrogens is 298 g/mol. The van der Waals surface area contributed by atoms with Crippen molar-refractivity contribution in [3.8, 4) is 5.75 Å². The standard InChI is InChI=1S/C18H20ClNO2/c1-18(2,3)13-8-10-14(11-9-13)20-17(21)12-22-16-7-5-4-6-15(16)19/h4-11H,12H2,1-3H3,(H,20,21). The molecule has 4 heteroatoms. The van der Waals surface area contributed by atoms with E-state index in [4.69, 9.17) is 16.3 Å². The summed E-state index contributed by atoms with van der Waals surface area (Å²) in [6, 6.07) is 14.9. The van der Waals surface area contributed by atoms with Crippen molar-refractivity contribution in [2.75, 3.05) is 11.9 Å². The van der Waals surface area contributed by atoms with Gasteiger partial charge < -0.3 is 10.1 Å². The first-order valence-corrected chi connectivity index (χ1v) is 7.52. The van der Waals surface area contributed by atoms with E-state index in [0.29, 0.717) is 10.8 Å². The van der Waals surface area contributed by atoms with Crippen molar-refractivity contribution in [2.45, 2.75) is 26.2 Å². The lowest BCUT2D eigenvalue weighted by atomic mass is 9.87. The highest BCUT2D eigenvalue weighted by molar-refractivity contribution is 6.32. The molecule has 2 aromatic rings. The SMILES string of the molecule is CC(C)(C)c1ccc(NC(=O)COc2ccccc2Cl)cc1. The highest BCUT2D eigenvalue weighted by atomic mass is 35.5. The maximum Gasteiger partial charge on any atom is 0.262 e. The molecule has 0 aliphatic carbocycles. The topological polar surface area (TPSA) is 38.3 Å². The van der Waals surface area contributed by atoms with Gasteiger partial charge in [-0.25, -0.2) is 0 Å². The van der Waals surface area contributed by atoms with Crippen LogP contribution in [0.3, 0.4) is 0 Å². The van der Waals surface area contributed by atoms with E-state index in [0.717, 1.165) is 5.69 Å². The van der Waals surface area contributed by atoms with Gasteiger partial charge in [0, 0.05) is 5.69 Å². The Hall–Kier alpha value is -2.00. The molecule has 0 fully saturated rings. The van der Waals surface area contributed by atoms with Gasteiger partial charge in [-0.3, -0.25) is 4.79 Å². The zero-order valence-electron chi connectivity index (χ0n) is 13.0. The third-order valence-electron chi connectivity index (χ3n) is 3.23. The van der Waals surface area contributed by atoms with Crippen LogP contribution >= 0.6 is 11.6 Å². The molecule has 0 saturated heterocycles. The molecule has 0 radical (unpaired) electrons. The first-order valence-electron chi connectivity index (χ1n) is 7.14. The number of para-hydroxylation sites is 1. The van der Waals surface area contributed by atoms with E-state index in [9.17, 15) is 4.79 Å². The van der Waals surface area contributed by atoms with E-state index >= 15 is 0 Å². The Labute approximate surface area is 136 Å². The molecule has 2 rings (SSSR count). The highest BCUT2D eigenvalue weighted by Crippen LogP contribution is 2.24. The Balaban J connectivity index is 1.91. The number of halogens is 1. The normalized spacial score (nSPS) is 11.1. The van der Waals surface area contributed by atoms with E-state index in [1.807, 2.05) is 36.4 Å². The van der Waals surface area contributed by atoms with Crippen LogP contribution in [0.1, 0.15) is 26.3 Å². The van der Waals surface area contributed by atoms with Crippen LogP contribution in [0, 0.1) is 0 Å². The van der Waals surface area contributed by atoms with Crippen molar-refractivity contribution < 1.29 is 9.53 Å². The molecule has 2 aromatic carbocycles. The van der Waals surface area contributed by atoms with Crippen LogP contribution in [0.4, 0.5) is 5.69 Å². The molecular formula is C18H20ClNO2. The van der Waals surface area contributed by atoms with Gasteiger partial charge >= 0.3 is 0 Å². The van der Waals surface area contributed by atoms with E-state index < -0.39 is 0 Å². The molecule has 1 N–H and O–H groups in total. The minimum Gasteiger partial charge on any atom is -0.482 e. The lowest BCUT2D eigenvalue weighted by Gasteiger charge is -2.19. The molecule has 0 atom stereocenters. The fourth-order valence-electron chi connectivity index (χ4n) is 1.96. The van der Waals surface area contributed by atoms with Crippen molar-refractivity contribution in [1.29, 1.82) is 0 Å². The summed E-state index contributed by atoms with van der Waals surface area (Å²) in [5.41, 5.74) is 2.06. The number of rotatable bonds is 4. The predicted octanol–water partition coefficient (Wildman–Crippen LogP) is 4.66. The third kappa shape index (κ3) is 4.50. The van der Waals surface area contributed by atoms with Crippen molar-refractivity contribution >= 4 is 23.2 Å². The second-order valence-corrected chi connectivity index (χ2v) is 6.50. The third-order valence-corrected chi connectivity index (χ3v) is 3.54. The molecule has 0 spiro atoms. The van der Waals surface area contributed by atoms with Crippen LogP contribution in [0.25, 0.3) is 0 Å². The number of hydrogen-bond donors (Lipinski definition) is 1. The smallest absolute Gasteiger partial charge is 0.262 e. The molecule has 0 aliphatic rings. The van der Waals surface area contributed by atoms with Crippen molar-refractivity contribution in [3.05, 3.63) is 59.1 Å². The van der Waals surface area contributed by atoms with E-state index in [1.165, 1.54) is 5.56 Å². The van der Waals surface area contributed by atoms with Crippen LogP contribution in [0.2, 0.25) is 5.02 Å². The summed E-state index contributed by atoms with van der Waals surface area (Å²) in [5, 5.41) is 3.29. The summed E-state index contributed by atoms with van der Waals surface area (Å²) in [7, 11) is 0. The minimum absolute atomic E-state index is 0.0786. The molecule has 0 aliphatic heterocycles. The molecule has 0 unspecified atom stereocenters. The van der Waals surface area contributed by atoms with Gasteiger partial charge in [0.1, 0.15) is 5.75 Å². The molecule has 116 valence electrons. The predicted molar refractivity (Wildman–Crippen MR) is 90.7 cm³/mol. The fourth-order valence-corrected chi connectivity index (χ4v) is 2.15. The van der Waals surface area contributed by atoms with Crippen LogP contribution in [-0.2, 0) is 10.2 Å². The molecule has 3 nitrogen and oxygen atoms in total. The number of benzene rings is 2. The highest BCUT2D eigenvalue weighted by Gasteiger charge is 2.13. The Morgan fingerprint density at radius 3 is 2.32 bits per heavy atom. The number of hydrogen-bond acceptors (Lipinski definition) is 2. The Morgan fingerprint density at radius 1 is 1.09 bits per heavy atom. The average Bonchev–Trinajstić information content (AvgIpc) is 2.46. The van der Waals surface area contributed by atoms with Gasteiger partial charge in [-0.15, -0.1) is 0 Å². The van der Waals surface area contributed by atoms with Gasteiger partial charge in [-0.1, -0.05) is 56.6 Å². The van der Waals surface area contributed by atoms with Crippen molar-refractivity contribution in [3.63, 3.8) is 0 Å². The fraction of sp³-hybridized carbons (Fsp3) is 0.278. The summed E-state index contributed by atoms with van der Waals surface area (Å²) in [6.45, 7) is 6.37. The zero-order valence-corrected chi connectivity index (χ0v) is 13.8. The summed E-state index contributed by atoms with van der Waals surface area (Å²) in [6.07, 6.45) is 0. The average molecular weight is 318 g/mol. The van der Waals surface area contributed by atoms with Crippen LogP contribution in [-0.4, -0.2) is 12.5 Å². The first-order chi connectivity index (χ1) is 10.4. The number of amides is 1. The lowest BCUT2D eigenvalue weighted by Crippen LogP contribution is -2.20. The number of nitrogens with one attached hydrogen (secondary N) is 1. The summed E-state index contributed by atoms with van der Waals surface area (Å²) in [5.74, 6) is 0.283. The Morgan fingerprint density at radius 2 is 1.73 bits per heavy atom. The van der Waals surface area contributed by atoms with Crippen molar-refractivity contribution in [1.82, 2.24) is 0 Å². The van der Waals surface area contributed by atoms with Crippen LogP contribution in [0.5, 0.6) is 5.75 Å². The van der Waals surface area contributed by atoms with E-state index in [2.05, 4.69) is 26.1 Å². The molecule has 0 bridgehead atoms. The van der Waals surface area contributed by atoms with Gasteiger partial charge in [0.2, 0.25) is 0 Å². The lowest BCUT2D eigenvalue weighted by molar-refractivity contribution is -0.118. The molecule has 1 amide bonds. The van der Waals surface area contributed by atoms with Crippen molar-refractivity contribution in [2.24, 2.45) is 0 Å². The number of ether oxygens (including phenoxy) is 1. The largest absolute Gasteiger partial charge is 0.482 e. The van der Waals surface area contributed by atoms with E-state index in [-0.39, 0.29) is 17.9 Å². The number of anilines is 1. The maximum absolute atomic E-state index is 11.9. The van der Waals surface area contributed by atoms with Gasteiger partial charge in [0.15, 0.2) is 6.61 Å². The first kappa shape index (κ1) is 16.4. The molecule has 0 aromatic heterocycles. The Bertz CT molecular complexity index is 645. The molecule has 0 saturated carbocycles. The second-order valence-electron chi connectivity index (χ2n) is 6.09. The van der Waals surface area contributed by atoms with Gasteiger partial charge in [0.05, 0.1) is 5.02 Å². The summed E-state index contributed by atoms with van der Waals surface area (Å²) < 4.78 is 5.40. The maximum atomic E-state index is 11.9. The van der Waals surface area contributed by atoms with Crippen LogP contribution in [0.15, 0.2) is 48.5 Å². The van der Waals surface area contributed by atoms with Gasteiger partial charge in [-0.05, 0) is 35.2 Å². The quantitative estimate of drug-likeness (QED) is 0.891. The summed E-state index contributed by atoms with van der Waals surface area (Å²) >= 11 is 5.97. The van der Waals surface area contributed by atoms with Gasteiger partial charge in [0.25, 0.3) is 5.91 Å². The molecule has 22 heavy (non-hydrogen) atoms. The minimum atomic E-state index is -0.219. The van der Waals surface area contributed by atoms with Gasteiger partial charge in [-0.2, -0.15) is 0 Å². The number of carbonyl (C=O) groups is 1. The van der Waals surface area contributed by atoms with E-state index in [1.54, 1.807) is 12.1 Å². The summed E-state index contributed by atoms with van der Waals surface area (Å²) in [4.78, 5) is 11.9. The van der Waals surface area contributed by atoms with Crippen LogP contribution < -0.4 is 10.1 Å². The number of carbonyl (C=O) groups excluding carboxylic acids is 1. The zero-order chi connectivity index (χ0) is 16.2. The molecule has 0 heterocycles. The monoisotopic (exact) mass is 317 g/mol.